The van der Waals surface area contributed by atoms with Crippen molar-refractivity contribution >= 4 is 47.6 Å². The number of nitrogens with zero attached hydrogens (tertiary/aromatic N) is 2. The van der Waals surface area contributed by atoms with Crippen molar-refractivity contribution in [3.63, 3.8) is 0 Å². The van der Waals surface area contributed by atoms with Crippen LogP contribution in [0.15, 0.2) is 4.99 Å². The Bertz CT molecular complexity index is 422. The van der Waals surface area contributed by atoms with E-state index in [-0.39, 0.29) is 24.0 Å². The van der Waals surface area contributed by atoms with Gasteiger partial charge in [0.2, 0.25) is 5.91 Å². The lowest BCUT2D eigenvalue weighted by Gasteiger charge is -2.20. The van der Waals surface area contributed by atoms with E-state index >= 15 is 0 Å². The molecule has 0 spiro atoms. The van der Waals surface area contributed by atoms with Crippen molar-refractivity contribution in [1.82, 2.24) is 15.5 Å². The van der Waals surface area contributed by atoms with Gasteiger partial charge in [-0.15, -0.1) is 24.0 Å². The van der Waals surface area contributed by atoms with Gasteiger partial charge in [0.05, 0.1) is 0 Å². The minimum atomic E-state index is 0. The van der Waals surface area contributed by atoms with Gasteiger partial charge in [0.15, 0.2) is 5.96 Å². The lowest BCUT2D eigenvalue weighted by Crippen LogP contribution is -2.42. The molecule has 2 atom stereocenters. The van der Waals surface area contributed by atoms with Gasteiger partial charge >= 0.3 is 0 Å². The fourth-order valence-corrected chi connectivity index (χ4v) is 4.32. The third kappa shape index (κ3) is 8.37. The van der Waals surface area contributed by atoms with Gasteiger partial charge in [0.1, 0.15) is 0 Å². The second kappa shape index (κ2) is 13.1. The van der Waals surface area contributed by atoms with Crippen LogP contribution >= 0.6 is 35.7 Å². The molecular weight excluding hydrogens is 447 g/mol. The van der Waals surface area contributed by atoms with E-state index < -0.39 is 0 Å². The van der Waals surface area contributed by atoms with E-state index in [1.54, 1.807) is 0 Å². The maximum atomic E-state index is 12.0. The predicted molar refractivity (Wildman–Crippen MR) is 119 cm³/mol. The smallest absolute Gasteiger partial charge is 0.222 e. The van der Waals surface area contributed by atoms with Crippen molar-refractivity contribution in [3.8, 4) is 0 Å². The number of nitrogens with one attached hydrogen (secondary N) is 2. The minimum Gasteiger partial charge on any atom is -0.357 e. The number of hydrogen-bond acceptors (Lipinski definition) is 3. The summed E-state index contributed by atoms with van der Waals surface area (Å²) in [6, 6.07) is 0.549. The number of thioether (sulfide) groups is 1. The Hall–Kier alpha value is -0.180. The van der Waals surface area contributed by atoms with Crippen LogP contribution in [0.3, 0.4) is 0 Å². The Morgan fingerprint density at radius 2 is 2.16 bits per heavy atom. The normalized spacial score (nSPS) is 24.6. The van der Waals surface area contributed by atoms with Gasteiger partial charge in [-0.2, -0.15) is 11.8 Å². The minimum absolute atomic E-state index is 0. The molecule has 7 heteroatoms. The summed E-state index contributed by atoms with van der Waals surface area (Å²) in [5.74, 6) is 1.27. The van der Waals surface area contributed by atoms with Crippen LogP contribution in [-0.4, -0.2) is 60.5 Å². The number of rotatable bonds is 7. The first-order chi connectivity index (χ1) is 11.7. The van der Waals surface area contributed by atoms with Crippen molar-refractivity contribution in [2.24, 2.45) is 4.99 Å². The van der Waals surface area contributed by atoms with Gasteiger partial charge in [-0.05, 0) is 51.7 Å². The zero-order valence-electron chi connectivity index (χ0n) is 15.8. The highest BCUT2D eigenvalue weighted by atomic mass is 127. The highest BCUT2D eigenvalue weighted by Crippen LogP contribution is 2.28. The summed E-state index contributed by atoms with van der Waals surface area (Å²) in [6.45, 7) is 5.54. The van der Waals surface area contributed by atoms with Crippen LogP contribution in [0.2, 0.25) is 0 Å². The molecule has 1 saturated carbocycles. The molecule has 2 fully saturated rings. The zero-order chi connectivity index (χ0) is 17.2. The summed E-state index contributed by atoms with van der Waals surface area (Å²) in [7, 11) is 0. The molecule has 2 rings (SSSR count). The first-order valence-corrected chi connectivity index (χ1v) is 10.9. The van der Waals surface area contributed by atoms with E-state index in [4.69, 9.17) is 4.99 Å². The summed E-state index contributed by atoms with van der Waals surface area (Å²) >= 11 is 1.98. The van der Waals surface area contributed by atoms with Gasteiger partial charge in [-0.25, -0.2) is 0 Å². The van der Waals surface area contributed by atoms with Crippen LogP contribution in [0.4, 0.5) is 0 Å². The van der Waals surface area contributed by atoms with Crippen LogP contribution < -0.4 is 10.6 Å². The largest absolute Gasteiger partial charge is 0.357 e. The molecule has 1 heterocycles. The Labute approximate surface area is 174 Å². The number of aliphatic imine (C=N–C) groups is 1. The number of hydrogen-bond donors (Lipinski definition) is 2. The second-order valence-electron chi connectivity index (χ2n) is 6.82. The van der Waals surface area contributed by atoms with E-state index in [1.807, 2.05) is 16.7 Å². The van der Waals surface area contributed by atoms with Crippen LogP contribution in [0, 0.1) is 0 Å². The van der Waals surface area contributed by atoms with Crippen molar-refractivity contribution in [2.45, 2.75) is 69.6 Å². The summed E-state index contributed by atoms with van der Waals surface area (Å²) in [5.41, 5.74) is 0. The fourth-order valence-electron chi connectivity index (χ4n) is 3.53. The number of guanidine groups is 1. The number of carbonyl (C=O) groups excluding carboxylic acids is 1. The summed E-state index contributed by atoms with van der Waals surface area (Å²) in [5, 5.41) is 7.73. The molecule has 1 saturated heterocycles. The molecule has 2 unspecified atom stereocenters. The summed E-state index contributed by atoms with van der Waals surface area (Å²) in [6.07, 6.45) is 11.0. The number of halogens is 1. The van der Waals surface area contributed by atoms with Gasteiger partial charge in [-0.1, -0.05) is 6.42 Å². The molecular formula is C18H35IN4OS. The average Bonchev–Trinajstić information content (AvgIpc) is 2.93. The van der Waals surface area contributed by atoms with Crippen LogP contribution in [0.5, 0.6) is 0 Å². The number of amides is 1. The standard InChI is InChI=1S/C18H34N4OS.HI/c1-3-19-18(21-15-9-10-16(14-15)24-2)20-11-7-13-22-12-6-4-5-8-17(22)23;/h15-16H,3-14H2,1-2H3,(H2,19,20,21);1H. The molecule has 0 aromatic heterocycles. The number of likely N-dealkylation sites (tertiary alicyclic amines) is 1. The predicted octanol–water partition coefficient (Wildman–Crippen LogP) is 3.24. The van der Waals surface area contributed by atoms with Crippen molar-refractivity contribution in [3.05, 3.63) is 0 Å². The van der Waals surface area contributed by atoms with Crippen molar-refractivity contribution in [2.75, 3.05) is 32.4 Å². The molecule has 146 valence electrons. The Kier molecular flexibility index (Phi) is 11.9. The average molecular weight is 482 g/mol. The van der Waals surface area contributed by atoms with E-state index in [1.165, 1.54) is 25.7 Å². The highest BCUT2D eigenvalue weighted by Gasteiger charge is 2.24. The third-order valence-electron chi connectivity index (χ3n) is 4.93. The van der Waals surface area contributed by atoms with Gasteiger partial charge in [0, 0.05) is 43.9 Å². The van der Waals surface area contributed by atoms with Gasteiger partial charge in [-0.3, -0.25) is 9.79 Å². The third-order valence-corrected chi connectivity index (χ3v) is 6.03. The van der Waals surface area contributed by atoms with Gasteiger partial charge in [0.25, 0.3) is 0 Å². The molecule has 25 heavy (non-hydrogen) atoms. The first-order valence-electron chi connectivity index (χ1n) is 9.58. The zero-order valence-corrected chi connectivity index (χ0v) is 18.9. The van der Waals surface area contributed by atoms with E-state index in [2.05, 4.69) is 23.8 Å². The molecule has 5 nitrogen and oxygen atoms in total. The second-order valence-corrected chi connectivity index (χ2v) is 7.96. The maximum absolute atomic E-state index is 12.0. The SMILES string of the molecule is CCNC(=NCCCN1CCCCCC1=O)NC1CCC(SC)C1.I. The molecule has 0 radical (unpaired) electrons. The highest BCUT2D eigenvalue weighted by molar-refractivity contribution is 14.0. The fraction of sp³-hybridized carbons (Fsp3) is 0.889. The topological polar surface area (TPSA) is 56.7 Å². The molecule has 2 N–H and O–H groups in total. The van der Waals surface area contributed by atoms with Crippen molar-refractivity contribution < 1.29 is 4.79 Å². The lowest BCUT2D eigenvalue weighted by atomic mass is 10.2. The Balaban J connectivity index is 0.00000312. The Morgan fingerprint density at radius 1 is 1.32 bits per heavy atom. The summed E-state index contributed by atoms with van der Waals surface area (Å²) in [4.78, 5) is 18.7. The maximum Gasteiger partial charge on any atom is 0.222 e. The quantitative estimate of drug-likeness (QED) is 0.253. The summed E-state index contributed by atoms with van der Waals surface area (Å²) < 4.78 is 0. The van der Waals surface area contributed by atoms with Crippen LogP contribution in [-0.2, 0) is 4.79 Å². The number of carbonyl (C=O) groups is 1. The van der Waals surface area contributed by atoms with Crippen LogP contribution in [0.25, 0.3) is 0 Å². The molecule has 1 aliphatic heterocycles. The molecule has 0 aromatic carbocycles. The molecule has 1 amide bonds. The monoisotopic (exact) mass is 482 g/mol. The van der Waals surface area contributed by atoms with E-state index in [0.29, 0.717) is 11.9 Å². The molecule has 2 aliphatic rings. The molecule has 0 bridgehead atoms. The molecule has 0 aromatic rings. The van der Waals surface area contributed by atoms with Crippen molar-refractivity contribution in [1.29, 1.82) is 0 Å². The lowest BCUT2D eigenvalue weighted by molar-refractivity contribution is -0.130. The van der Waals surface area contributed by atoms with Gasteiger partial charge < -0.3 is 15.5 Å². The van der Waals surface area contributed by atoms with E-state index in [0.717, 1.165) is 63.1 Å². The van der Waals surface area contributed by atoms with Crippen LogP contribution in [0.1, 0.15) is 58.3 Å². The Morgan fingerprint density at radius 3 is 2.88 bits per heavy atom. The van der Waals surface area contributed by atoms with E-state index in [9.17, 15) is 4.79 Å². The molecule has 1 aliphatic carbocycles. The first kappa shape index (κ1) is 22.9.